The summed E-state index contributed by atoms with van der Waals surface area (Å²) in [5.41, 5.74) is 1.66. The van der Waals surface area contributed by atoms with Crippen molar-refractivity contribution in [2.45, 2.75) is 51.5 Å². The Morgan fingerprint density at radius 2 is 1.97 bits per heavy atom. The molecular weight excluding hydrogens is 471 g/mol. The lowest BCUT2D eigenvalue weighted by Crippen LogP contribution is -2.12. The predicted octanol–water partition coefficient (Wildman–Crippen LogP) is 5.48. The largest absolute Gasteiger partial charge is 0.339 e. The molecule has 0 unspecified atom stereocenters. The number of benzene rings is 2. The summed E-state index contributed by atoms with van der Waals surface area (Å²) in [6.07, 6.45) is 5.28. The smallest absolute Gasteiger partial charge is 0.226 e. The van der Waals surface area contributed by atoms with Crippen LogP contribution in [0.25, 0.3) is 22.8 Å². The molecule has 1 amide bonds. The van der Waals surface area contributed by atoms with Crippen LogP contribution < -0.4 is 5.32 Å². The fourth-order valence-corrected chi connectivity index (χ4v) is 4.28. The second-order valence-electron chi connectivity index (χ2n) is 8.52. The number of nitrogens with zero attached hydrogens (tertiary/aromatic N) is 5. The molecule has 0 aliphatic carbocycles. The van der Waals surface area contributed by atoms with E-state index in [2.05, 4.69) is 25.7 Å². The third-order valence-corrected chi connectivity index (χ3v) is 6.22. The third kappa shape index (κ3) is 5.40. The van der Waals surface area contributed by atoms with Gasteiger partial charge in [-0.15, -0.1) is 10.2 Å². The molecule has 4 aromatic rings. The van der Waals surface area contributed by atoms with Crippen molar-refractivity contribution < 1.29 is 13.7 Å². The monoisotopic (exact) mass is 494 g/mol. The first kappa shape index (κ1) is 23.2. The van der Waals surface area contributed by atoms with Crippen LogP contribution in [0.1, 0.15) is 43.8 Å². The van der Waals surface area contributed by atoms with Gasteiger partial charge in [-0.05, 0) is 61.7 Å². The summed E-state index contributed by atoms with van der Waals surface area (Å²) in [4.78, 5) is 16.9. The van der Waals surface area contributed by atoms with Gasteiger partial charge in [-0.3, -0.25) is 4.79 Å². The maximum absolute atomic E-state index is 14.7. The molecule has 0 saturated heterocycles. The van der Waals surface area contributed by atoms with E-state index in [0.29, 0.717) is 46.7 Å². The first-order valence-corrected chi connectivity index (χ1v) is 12.0. The Morgan fingerprint density at radius 1 is 1.11 bits per heavy atom. The maximum atomic E-state index is 14.7. The first-order chi connectivity index (χ1) is 17.1. The number of halogens is 2. The van der Waals surface area contributed by atoms with Gasteiger partial charge in [0.2, 0.25) is 17.6 Å². The molecule has 5 rings (SSSR count). The van der Waals surface area contributed by atoms with Gasteiger partial charge < -0.3 is 14.4 Å². The Hall–Kier alpha value is -3.59. The predicted molar refractivity (Wildman–Crippen MR) is 129 cm³/mol. The van der Waals surface area contributed by atoms with Crippen LogP contribution in [0.4, 0.5) is 10.1 Å². The Balaban J connectivity index is 1.19. The summed E-state index contributed by atoms with van der Waals surface area (Å²) >= 11 is 5.91. The molecule has 1 aliphatic heterocycles. The lowest BCUT2D eigenvalue weighted by Gasteiger charge is -2.10. The molecule has 3 heterocycles. The Kier molecular flexibility index (Phi) is 6.85. The van der Waals surface area contributed by atoms with Gasteiger partial charge in [0.05, 0.1) is 5.56 Å². The van der Waals surface area contributed by atoms with Gasteiger partial charge in [-0.25, -0.2) is 4.39 Å². The minimum atomic E-state index is -0.393. The van der Waals surface area contributed by atoms with Crippen molar-refractivity contribution in [2.75, 3.05) is 5.32 Å². The number of rotatable bonds is 7. The Labute approximate surface area is 206 Å². The highest BCUT2D eigenvalue weighted by Crippen LogP contribution is 2.27. The lowest BCUT2D eigenvalue weighted by molar-refractivity contribution is -0.116. The number of carbonyl (C=O) groups excluding carboxylic acids is 1. The lowest BCUT2D eigenvalue weighted by atomic mass is 10.1. The molecule has 0 atom stereocenters. The quantitative estimate of drug-likeness (QED) is 0.365. The highest BCUT2D eigenvalue weighted by molar-refractivity contribution is 6.30. The summed E-state index contributed by atoms with van der Waals surface area (Å²) in [6, 6.07) is 11.7. The topological polar surface area (TPSA) is 98.7 Å². The summed E-state index contributed by atoms with van der Waals surface area (Å²) in [5, 5.41) is 15.9. The van der Waals surface area contributed by atoms with Gasteiger partial charge >= 0.3 is 0 Å². The van der Waals surface area contributed by atoms with E-state index in [-0.39, 0.29) is 12.3 Å². The minimum Gasteiger partial charge on any atom is -0.339 e. The van der Waals surface area contributed by atoms with E-state index in [1.165, 1.54) is 6.07 Å². The molecule has 0 radical (unpaired) electrons. The van der Waals surface area contributed by atoms with Crippen molar-refractivity contribution in [3.63, 3.8) is 0 Å². The van der Waals surface area contributed by atoms with E-state index in [1.807, 2.05) is 16.7 Å². The number of aromatic nitrogens is 5. The van der Waals surface area contributed by atoms with E-state index >= 15 is 0 Å². The zero-order chi connectivity index (χ0) is 24.2. The second kappa shape index (κ2) is 10.4. The zero-order valence-electron chi connectivity index (χ0n) is 19.0. The molecule has 0 bridgehead atoms. The Morgan fingerprint density at radius 3 is 2.83 bits per heavy atom. The first-order valence-electron chi connectivity index (χ1n) is 11.7. The van der Waals surface area contributed by atoms with E-state index in [0.717, 1.165) is 43.6 Å². The van der Waals surface area contributed by atoms with Gasteiger partial charge in [-0.2, -0.15) is 4.98 Å². The summed E-state index contributed by atoms with van der Waals surface area (Å²) in [6.45, 7) is 0.767. The fourth-order valence-electron chi connectivity index (χ4n) is 4.15. The van der Waals surface area contributed by atoms with Crippen LogP contribution in [0.3, 0.4) is 0 Å². The summed E-state index contributed by atoms with van der Waals surface area (Å²) < 4.78 is 21.9. The molecule has 0 spiro atoms. The molecule has 0 fully saturated rings. The van der Waals surface area contributed by atoms with Gasteiger partial charge in [0, 0.05) is 42.1 Å². The van der Waals surface area contributed by atoms with Crippen molar-refractivity contribution in [2.24, 2.45) is 0 Å². The third-order valence-electron chi connectivity index (χ3n) is 5.97. The summed E-state index contributed by atoms with van der Waals surface area (Å²) in [7, 11) is 0. The molecule has 0 saturated carbocycles. The van der Waals surface area contributed by atoms with Crippen LogP contribution >= 0.6 is 11.6 Å². The van der Waals surface area contributed by atoms with E-state index < -0.39 is 5.82 Å². The van der Waals surface area contributed by atoms with Crippen molar-refractivity contribution in [1.82, 2.24) is 24.9 Å². The maximum Gasteiger partial charge on any atom is 0.226 e. The number of hydrogen-bond acceptors (Lipinski definition) is 6. The fraction of sp³-hybridized carbons (Fsp3) is 0.320. The molecule has 1 aliphatic rings. The highest BCUT2D eigenvalue weighted by atomic mass is 35.5. The molecule has 2 aromatic heterocycles. The SMILES string of the molecule is O=C(CCCc1nc(-c2ccc(Cl)cc2)no1)Nc1ccc(F)c(-c2nnc3n2CCCCC3)c1. The minimum absolute atomic E-state index is 0.180. The van der Waals surface area contributed by atoms with Crippen LogP contribution in [0.15, 0.2) is 47.0 Å². The summed E-state index contributed by atoms with van der Waals surface area (Å²) in [5.74, 6) is 1.75. The Bertz CT molecular complexity index is 1330. The number of amides is 1. The van der Waals surface area contributed by atoms with E-state index in [4.69, 9.17) is 16.1 Å². The average molecular weight is 495 g/mol. The van der Waals surface area contributed by atoms with E-state index in [9.17, 15) is 9.18 Å². The van der Waals surface area contributed by atoms with E-state index in [1.54, 1.807) is 24.3 Å². The molecule has 2 aromatic carbocycles. The van der Waals surface area contributed by atoms with Crippen LogP contribution in [0.2, 0.25) is 5.02 Å². The second-order valence-corrected chi connectivity index (χ2v) is 8.95. The van der Waals surface area contributed by atoms with Crippen molar-refractivity contribution in [3.8, 4) is 22.8 Å². The number of nitrogens with one attached hydrogen (secondary N) is 1. The molecule has 10 heteroatoms. The van der Waals surface area contributed by atoms with Gasteiger partial charge in [0.1, 0.15) is 11.6 Å². The average Bonchev–Trinajstić information content (AvgIpc) is 3.41. The molecule has 35 heavy (non-hydrogen) atoms. The van der Waals surface area contributed by atoms with Gasteiger partial charge in [0.25, 0.3) is 0 Å². The molecule has 8 nitrogen and oxygen atoms in total. The number of fused-ring (bicyclic) bond motifs is 1. The number of hydrogen-bond donors (Lipinski definition) is 1. The standard InChI is InChI=1S/C25H24ClFN6O2/c26-17-10-8-16(9-11-17)24-29-23(35-32-24)7-4-6-22(34)28-18-12-13-20(27)19(15-18)25-31-30-21-5-2-1-3-14-33(21)25/h8-13,15H,1-7,14H2,(H,28,34). The number of anilines is 1. The van der Waals surface area contributed by atoms with Crippen LogP contribution in [-0.4, -0.2) is 30.8 Å². The highest BCUT2D eigenvalue weighted by Gasteiger charge is 2.19. The van der Waals surface area contributed by atoms with Crippen LogP contribution in [0, 0.1) is 5.82 Å². The molecule has 1 N–H and O–H groups in total. The van der Waals surface area contributed by atoms with Crippen LogP contribution in [0.5, 0.6) is 0 Å². The van der Waals surface area contributed by atoms with Crippen LogP contribution in [-0.2, 0) is 24.2 Å². The van der Waals surface area contributed by atoms with Crippen molar-refractivity contribution >= 4 is 23.2 Å². The van der Waals surface area contributed by atoms with Gasteiger partial charge in [0.15, 0.2) is 5.82 Å². The zero-order valence-corrected chi connectivity index (χ0v) is 19.8. The van der Waals surface area contributed by atoms with Gasteiger partial charge in [-0.1, -0.05) is 23.2 Å². The van der Waals surface area contributed by atoms with Crippen molar-refractivity contribution in [1.29, 1.82) is 0 Å². The number of aryl methyl sites for hydroxylation is 2. The molecular formula is C25H24ClFN6O2. The number of carbonyl (C=O) groups is 1. The molecule has 180 valence electrons. The van der Waals surface area contributed by atoms with Crippen molar-refractivity contribution in [3.05, 3.63) is 65.0 Å². The normalized spacial score (nSPS) is 13.3.